The number of nitrogens with one attached hydrogen (secondary N) is 2. The maximum atomic E-state index is 13.1. The van der Waals surface area contributed by atoms with Crippen molar-refractivity contribution in [3.05, 3.63) is 81.9 Å². The second-order valence-electron chi connectivity index (χ2n) is 8.16. The minimum atomic E-state index is -0.433. The molecule has 5 rings (SSSR count). The van der Waals surface area contributed by atoms with E-state index in [1.807, 2.05) is 49.5 Å². The van der Waals surface area contributed by atoms with Crippen LogP contribution in [0.2, 0.25) is 0 Å². The fraction of sp³-hybridized carbons (Fsp3) is 0.269. The van der Waals surface area contributed by atoms with Crippen LogP contribution in [-0.4, -0.2) is 46.5 Å². The Kier molecular flexibility index (Phi) is 6.50. The SMILES string of the molecule is CCOc1ccc([C@H](CNC(=O)c2cnc3n(c2=O)CCS3)c2c[nH]c3ccccc23)cc1OC. The first-order valence-electron chi connectivity index (χ1n) is 11.5. The van der Waals surface area contributed by atoms with Gasteiger partial charge in [-0.15, -0.1) is 0 Å². The maximum Gasteiger partial charge on any atom is 0.267 e. The number of hydrogen-bond donors (Lipinski definition) is 2. The van der Waals surface area contributed by atoms with E-state index in [0.29, 0.717) is 29.8 Å². The number of fused-ring (bicyclic) bond motifs is 2. The number of aromatic nitrogens is 3. The average Bonchev–Trinajstić information content (AvgIpc) is 3.53. The Hall–Kier alpha value is -3.72. The van der Waals surface area contributed by atoms with E-state index >= 15 is 0 Å². The van der Waals surface area contributed by atoms with E-state index in [1.54, 1.807) is 11.7 Å². The van der Waals surface area contributed by atoms with E-state index < -0.39 is 5.91 Å². The molecule has 0 fully saturated rings. The lowest BCUT2D eigenvalue weighted by atomic mass is 9.90. The van der Waals surface area contributed by atoms with Gasteiger partial charge < -0.3 is 19.8 Å². The number of methoxy groups -OCH3 is 1. The summed E-state index contributed by atoms with van der Waals surface area (Å²) in [6.45, 7) is 3.30. The number of nitrogens with zero attached hydrogens (tertiary/aromatic N) is 2. The summed E-state index contributed by atoms with van der Waals surface area (Å²) < 4.78 is 12.8. The first-order valence-corrected chi connectivity index (χ1v) is 12.5. The molecule has 8 nitrogen and oxygen atoms in total. The van der Waals surface area contributed by atoms with Crippen molar-refractivity contribution in [2.75, 3.05) is 26.0 Å². The van der Waals surface area contributed by atoms with Gasteiger partial charge in [-0.2, -0.15) is 0 Å². The molecule has 0 bridgehead atoms. The molecule has 0 saturated heterocycles. The monoisotopic (exact) mass is 490 g/mol. The molecule has 1 amide bonds. The highest BCUT2D eigenvalue weighted by atomic mass is 32.2. The standard InChI is InChI=1S/C26H26N4O4S/c1-3-34-22-9-8-16(12-23(22)33-2)18(19-14-27-21-7-5-4-6-17(19)21)13-28-24(31)20-15-29-26-30(25(20)32)10-11-35-26/h4-9,12,14-15,18,27H,3,10-11,13H2,1-2H3,(H,28,31)/t18-/m0/s1. The third-order valence-electron chi connectivity index (χ3n) is 6.15. The predicted molar refractivity (Wildman–Crippen MR) is 136 cm³/mol. The van der Waals surface area contributed by atoms with Crippen molar-refractivity contribution in [1.82, 2.24) is 19.9 Å². The molecule has 0 saturated carbocycles. The third kappa shape index (κ3) is 4.39. The van der Waals surface area contributed by atoms with Gasteiger partial charge in [-0.25, -0.2) is 4.98 Å². The third-order valence-corrected chi connectivity index (χ3v) is 7.13. The van der Waals surface area contributed by atoms with Crippen LogP contribution in [0.25, 0.3) is 10.9 Å². The Balaban J connectivity index is 1.49. The molecular formula is C26H26N4O4S. The number of aromatic amines is 1. The largest absolute Gasteiger partial charge is 0.493 e. The summed E-state index contributed by atoms with van der Waals surface area (Å²) in [4.78, 5) is 33.5. The van der Waals surface area contributed by atoms with E-state index in [-0.39, 0.29) is 23.6 Å². The Morgan fingerprint density at radius 1 is 1.26 bits per heavy atom. The van der Waals surface area contributed by atoms with Crippen molar-refractivity contribution < 1.29 is 14.3 Å². The van der Waals surface area contributed by atoms with Crippen LogP contribution in [0, 0.1) is 0 Å². The number of H-pyrrole nitrogens is 1. The zero-order valence-electron chi connectivity index (χ0n) is 19.5. The average molecular weight is 491 g/mol. The Morgan fingerprint density at radius 2 is 2.11 bits per heavy atom. The Morgan fingerprint density at radius 3 is 2.94 bits per heavy atom. The van der Waals surface area contributed by atoms with Crippen molar-refractivity contribution >= 4 is 28.6 Å². The molecular weight excluding hydrogens is 464 g/mol. The molecule has 2 N–H and O–H groups in total. The van der Waals surface area contributed by atoms with Crippen LogP contribution in [0.3, 0.4) is 0 Å². The molecule has 2 aromatic carbocycles. The van der Waals surface area contributed by atoms with Gasteiger partial charge in [-0.05, 0) is 36.2 Å². The number of carbonyl (C=O) groups excluding carboxylic acids is 1. The van der Waals surface area contributed by atoms with Crippen LogP contribution in [0.1, 0.15) is 34.3 Å². The zero-order valence-corrected chi connectivity index (χ0v) is 20.4. The zero-order chi connectivity index (χ0) is 24.4. The second-order valence-corrected chi connectivity index (χ2v) is 9.22. The summed E-state index contributed by atoms with van der Waals surface area (Å²) >= 11 is 1.52. The number of para-hydroxylation sites is 1. The highest BCUT2D eigenvalue weighted by molar-refractivity contribution is 7.99. The van der Waals surface area contributed by atoms with Gasteiger partial charge in [-0.3, -0.25) is 14.2 Å². The predicted octanol–water partition coefficient (Wildman–Crippen LogP) is 3.80. The normalized spacial score (nSPS) is 13.4. The molecule has 0 radical (unpaired) electrons. The number of ether oxygens (including phenoxy) is 2. The fourth-order valence-corrected chi connectivity index (χ4v) is 5.34. The van der Waals surface area contributed by atoms with Crippen molar-refractivity contribution in [1.29, 1.82) is 0 Å². The molecule has 0 spiro atoms. The number of benzene rings is 2. The second kappa shape index (κ2) is 9.87. The molecule has 35 heavy (non-hydrogen) atoms. The lowest BCUT2D eigenvalue weighted by molar-refractivity contribution is 0.0949. The first kappa shape index (κ1) is 23.0. The topological polar surface area (TPSA) is 98.2 Å². The van der Waals surface area contributed by atoms with E-state index in [0.717, 1.165) is 27.8 Å². The van der Waals surface area contributed by atoms with E-state index in [4.69, 9.17) is 9.47 Å². The van der Waals surface area contributed by atoms with Crippen LogP contribution < -0.4 is 20.3 Å². The summed E-state index contributed by atoms with van der Waals surface area (Å²) in [6.07, 6.45) is 3.34. The lowest BCUT2D eigenvalue weighted by Gasteiger charge is -2.20. The van der Waals surface area contributed by atoms with Gasteiger partial charge in [0, 0.05) is 48.1 Å². The smallest absolute Gasteiger partial charge is 0.267 e. The fourth-order valence-electron chi connectivity index (χ4n) is 4.43. The first-order chi connectivity index (χ1) is 17.1. The molecule has 0 aliphatic carbocycles. The van der Waals surface area contributed by atoms with Crippen molar-refractivity contribution in [2.24, 2.45) is 0 Å². The number of thioether (sulfide) groups is 1. The Bertz CT molecular complexity index is 1450. The highest BCUT2D eigenvalue weighted by Gasteiger charge is 2.24. The van der Waals surface area contributed by atoms with Crippen LogP contribution in [0.5, 0.6) is 11.5 Å². The van der Waals surface area contributed by atoms with Crippen LogP contribution in [0.15, 0.2) is 64.8 Å². The summed E-state index contributed by atoms with van der Waals surface area (Å²) in [5.74, 6) is 1.45. The van der Waals surface area contributed by atoms with Gasteiger partial charge in [0.2, 0.25) is 0 Å². The quantitative estimate of drug-likeness (QED) is 0.365. The van der Waals surface area contributed by atoms with Gasteiger partial charge >= 0.3 is 0 Å². The molecule has 3 heterocycles. The van der Waals surface area contributed by atoms with Gasteiger partial charge in [0.15, 0.2) is 16.7 Å². The van der Waals surface area contributed by atoms with Gasteiger partial charge in [-0.1, -0.05) is 36.0 Å². The van der Waals surface area contributed by atoms with Crippen LogP contribution >= 0.6 is 11.8 Å². The van der Waals surface area contributed by atoms with Crippen molar-refractivity contribution in [2.45, 2.75) is 24.5 Å². The maximum absolute atomic E-state index is 13.1. The number of rotatable bonds is 8. The Labute approximate surface area is 206 Å². The molecule has 180 valence electrons. The van der Waals surface area contributed by atoms with Crippen LogP contribution in [0.4, 0.5) is 0 Å². The molecule has 1 atom stereocenters. The van der Waals surface area contributed by atoms with Crippen molar-refractivity contribution in [3.63, 3.8) is 0 Å². The van der Waals surface area contributed by atoms with E-state index in [2.05, 4.69) is 21.4 Å². The number of carbonyl (C=O) groups is 1. The summed E-state index contributed by atoms with van der Waals surface area (Å²) in [6, 6.07) is 13.8. The highest BCUT2D eigenvalue weighted by Crippen LogP contribution is 2.36. The van der Waals surface area contributed by atoms with Gasteiger partial charge in [0.05, 0.1) is 13.7 Å². The minimum Gasteiger partial charge on any atom is -0.493 e. The van der Waals surface area contributed by atoms with Gasteiger partial charge in [0.25, 0.3) is 11.5 Å². The molecule has 0 unspecified atom stereocenters. The molecule has 2 aromatic heterocycles. The number of amides is 1. The number of hydrogen-bond acceptors (Lipinski definition) is 6. The van der Waals surface area contributed by atoms with Gasteiger partial charge in [0.1, 0.15) is 5.56 Å². The van der Waals surface area contributed by atoms with E-state index in [9.17, 15) is 9.59 Å². The molecule has 9 heteroatoms. The summed E-state index contributed by atoms with van der Waals surface area (Å²) in [5, 5.41) is 4.70. The lowest BCUT2D eigenvalue weighted by Crippen LogP contribution is -2.35. The molecule has 1 aliphatic heterocycles. The minimum absolute atomic E-state index is 0.0539. The summed E-state index contributed by atoms with van der Waals surface area (Å²) in [7, 11) is 1.61. The van der Waals surface area contributed by atoms with Crippen LogP contribution in [-0.2, 0) is 6.54 Å². The van der Waals surface area contributed by atoms with E-state index in [1.165, 1.54) is 18.0 Å². The van der Waals surface area contributed by atoms with Crippen molar-refractivity contribution in [3.8, 4) is 11.5 Å². The molecule has 1 aliphatic rings. The summed E-state index contributed by atoms with van der Waals surface area (Å²) in [5.41, 5.74) is 2.75. The molecule has 4 aromatic rings.